The minimum atomic E-state index is -0.612. The van der Waals surface area contributed by atoms with Gasteiger partial charge in [-0.25, -0.2) is 9.97 Å². The number of aromatic amines is 1. The van der Waals surface area contributed by atoms with Crippen LogP contribution >= 0.6 is 0 Å². The van der Waals surface area contributed by atoms with E-state index < -0.39 is 5.60 Å². The molecule has 0 radical (unpaired) electrons. The number of fused-ring (bicyclic) bond motifs is 1. The second-order valence-corrected chi connectivity index (χ2v) is 7.85. The minimum Gasteiger partial charge on any atom is -0.485 e. The molecule has 0 spiro atoms. The summed E-state index contributed by atoms with van der Waals surface area (Å²) in [6.45, 7) is 3.66. The molecule has 0 saturated carbocycles. The van der Waals surface area contributed by atoms with Crippen LogP contribution in [-0.4, -0.2) is 60.5 Å². The highest BCUT2D eigenvalue weighted by Gasteiger charge is 2.39. The van der Waals surface area contributed by atoms with Crippen molar-refractivity contribution in [2.24, 2.45) is 0 Å². The van der Waals surface area contributed by atoms with Crippen molar-refractivity contribution >= 4 is 22.6 Å². The van der Waals surface area contributed by atoms with E-state index in [1.54, 1.807) is 13.3 Å². The van der Waals surface area contributed by atoms with Crippen LogP contribution in [0.15, 0.2) is 30.6 Å². The monoisotopic (exact) mass is 424 g/mol. The highest BCUT2D eigenvalue weighted by atomic mass is 16.6. The Labute approximate surface area is 179 Å². The van der Waals surface area contributed by atoms with Crippen LogP contribution in [0.4, 0.5) is 5.82 Å². The first-order valence-corrected chi connectivity index (χ1v) is 10.2. The maximum atomic E-state index is 11.5. The molecule has 3 aromatic rings. The fourth-order valence-corrected chi connectivity index (χ4v) is 3.91. The van der Waals surface area contributed by atoms with Crippen LogP contribution in [0.25, 0.3) is 22.2 Å². The quantitative estimate of drug-likeness (QED) is 0.626. The molecule has 162 valence electrons. The molecule has 2 aliphatic heterocycles. The van der Waals surface area contributed by atoms with E-state index in [-0.39, 0.29) is 12.0 Å². The van der Waals surface area contributed by atoms with Gasteiger partial charge < -0.3 is 29.2 Å². The molecular formula is C22H24N4O5. The van der Waals surface area contributed by atoms with Crippen molar-refractivity contribution in [2.45, 2.75) is 25.0 Å². The van der Waals surface area contributed by atoms with Crippen LogP contribution in [0.2, 0.25) is 0 Å². The zero-order chi connectivity index (χ0) is 21.4. The number of rotatable bonds is 6. The lowest BCUT2D eigenvalue weighted by Gasteiger charge is -2.29. The average molecular weight is 424 g/mol. The number of carbonyl (C=O) groups is 1. The minimum absolute atomic E-state index is 0.0277. The number of methoxy groups -OCH3 is 1. The van der Waals surface area contributed by atoms with E-state index in [9.17, 15) is 4.79 Å². The molecule has 0 aromatic carbocycles. The first-order valence-electron chi connectivity index (χ1n) is 10.2. The number of aromatic nitrogens is 3. The van der Waals surface area contributed by atoms with E-state index in [0.29, 0.717) is 38.0 Å². The van der Waals surface area contributed by atoms with E-state index in [0.717, 1.165) is 34.3 Å². The molecule has 2 N–H and O–H groups in total. The van der Waals surface area contributed by atoms with E-state index in [1.165, 1.54) is 6.92 Å². The Morgan fingerprint density at radius 2 is 2.16 bits per heavy atom. The lowest BCUT2D eigenvalue weighted by molar-refractivity contribution is -0.114. The van der Waals surface area contributed by atoms with Crippen molar-refractivity contribution < 1.29 is 23.7 Å². The Morgan fingerprint density at radius 3 is 2.84 bits per heavy atom. The molecule has 31 heavy (non-hydrogen) atoms. The molecular weight excluding hydrogens is 400 g/mol. The Balaban J connectivity index is 1.61. The number of hydrogen-bond acceptors (Lipinski definition) is 7. The molecule has 2 aliphatic rings. The number of hydrogen-bond donors (Lipinski definition) is 2. The van der Waals surface area contributed by atoms with E-state index >= 15 is 0 Å². The van der Waals surface area contributed by atoms with Gasteiger partial charge in [0.15, 0.2) is 0 Å². The second-order valence-electron chi connectivity index (χ2n) is 7.85. The summed E-state index contributed by atoms with van der Waals surface area (Å²) in [5.74, 6) is 1.02. The van der Waals surface area contributed by atoms with Crippen LogP contribution < -0.4 is 10.1 Å². The van der Waals surface area contributed by atoms with Crippen LogP contribution in [0.3, 0.4) is 0 Å². The molecule has 0 bridgehead atoms. The van der Waals surface area contributed by atoms with Gasteiger partial charge in [-0.05, 0) is 6.07 Å². The summed E-state index contributed by atoms with van der Waals surface area (Å²) in [7, 11) is 1.68. The average Bonchev–Trinajstić information content (AvgIpc) is 3.38. The summed E-state index contributed by atoms with van der Waals surface area (Å²) in [4.78, 5) is 23.9. The maximum absolute atomic E-state index is 11.5. The van der Waals surface area contributed by atoms with Gasteiger partial charge in [0.2, 0.25) is 5.91 Å². The predicted octanol–water partition coefficient (Wildman–Crippen LogP) is 2.62. The molecule has 2 fully saturated rings. The molecule has 1 atom stereocenters. The molecule has 2 saturated heterocycles. The zero-order valence-electron chi connectivity index (χ0n) is 17.4. The van der Waals surface area contributed by atoms with Gasteiger partial charge in [0.05, 0.1) is 42.9 Å². The number of carbonyl (C=O) groups excluding carboxylic acids is 1. The summed E-state index contributed by atoms with van der Waals surface area (Å²) in [5, 5.41) is 3.63. The third-order valence-electron chi connectivity index (χ3n) is 5.70. The largest absolute Gasteiger partial charge is 0.485 e. The van der Waals surface area contributed by atoms with Crippen LogP contribution in [0.1, 0.15) is 19.0 Å². The van der Waals surface area contributed by atoms with E-state index in [1.807, 2.05) is 24.4 Å². The maximum Gasteiger partial charge on any atom is 0.222 e. The zero-order valence-corrected chi connectivity index (χ0v) is 17.4. The summed E-state index contributed by atoms with van der Waals surface area (Å²) in [6.07, 6.45) is 4.33. The van der Waals surface area contributed by atoms with E-state index in [4.69, 9.17) is 23.9 Å². The number of nitrogens with zero attached hydrogens (tertiary/aromatic N) is 2. The van der Waals surface area contributed by atoms with Crippen LogP contribution in [0.5, 0.6) is 5.75 Å². The highest BCUT2D eigenvalue weighted by molar-refractivity contribution is 5.97. The van der Waals surface area contributed by atoms with Gasteiger partial charge in [-0.3, -0.25) is 4.79 Å². The number of pyridine rings is 2. The number of anilines is 1. The van der Waals surface area contributed by atoms with Gasteiger partial charge in [-0.2, -0.15) is 0 Å². The fraction of sp³-hybridized carbons (Fsp3) is 0.409. The number of nitrogens with one attached hydrogen (secondary N) is 2. The lowest BCUT2D eigenvalue weighted by atomic mass is 9.96. The Bertz CT molecular complexity index is 1120. The van der Waals surface area contributed by atoms with Crippen LogP contribution in [0, 0.1) is 0 Å². The van der Waals surface area contributed by atoms with Crippen molar-refractivity contribution in [3.63, 3.8) is 0 Å². The second kappa shape index (κ2) is 7.92. The molecule has 1 unspecified atom stereocenters. The molecule has 1 amide bonds. The van der Waals surface area contributed by atoms with Crippen molar-refractivity contribution in [1.29, 1.82) is 0 Å². The van der Waals surface area contributed by atoms with Gasteiger partial charge >= 0.3 is 0 Å². The van der Waals surface area contributed by atoms with E-state index in [2.05, 4.69) is 15.3 Å². The topological polar surface area (TPSA) is 108 Å². The first kappa shape index (κ1) is 19.9. The van der Waals surface area contributed by atoms with Crippen molar-refractivity contribution in [3.05, 3.63) is 36.3 Å². The Morgan fingerprint density at radius 1 is 1.29 bits per heavy atom. The van der Waals surface area contributed by atoms with Gasteiger partial charge in [0.25, 0.3) is 0 Å². The third-order valence-corrected chi connectivity index (χ3v) is 5.70. The molecule has 0 aliphatic carbocycles. The smallest absolute Gasteiger partial charge is 0.222 e. The fourth-order valence-electron chi connectivity index (χ4n) is 3.91. The molecule has 9 nitrogen and oxygen atoms in total. The third kappa shape index (κ3) is 3.76. The van der Waals surface area contributed by atoms with Crippen molar-refractivity contribution in [2.75, 3.05) is 38.9 Å². The van der Waals surface area contributed by atoms with Crippen molar-refractivity contribution in [1.82, 2.24) is 15.0 Å². The van der Waals surface area contributed by atoms with Gasteiger partial charge in [0, 0.05) is 56.3 Å². The summed E-state index contributed by atoms with van der Waals surface area (Å²) >= 11 is 0. The molecule has 3 aromatic heterocycles. The highest BCUT2D eigenvalue weighted by Crippen LogP contribution is 2.38. The normalized spacial score (nSPS) is 21.2. The standard InChI is InChI=1S/C22H24N4O5/c1-13(27)25-21-7-16-17(8-23-19(16)9-24-21)18-5-14(31-15-10-30-11-15)6-20(26-18)22(28-2)3-4-29-12-22/h5-9,15,23H,3-4,10-12H2,1-2H3,(H,24,25,27). The van der Waals surface area contributed by atoms with Crippen molar-refractivity contribution in [3.8, 4) is 17.0 Å². The van der Waals surface area contributed by atoms with Gasteiger partial charge in [-0.15, -0.1) is 0 Å². The number of amides is 1. The molecule has 9 heteroatoms. The first-order chi connectivity index (χ1) is 15.1. The number of ether oxygens (including phenoxy) is 4. The predicted molar refractivity (Wildman–Crippen MR) is 113 cm³/mol. The van der Waals surface area contributed by atoms with Crippen LogP contribution in [-0.2, 0) is 24.6 Å². The Kier molecular flexibility index (Phi) is 5.09. The summed E-state index contributed by atoms with van der Waals surface area (Å²) in [5.41, 5.74) is 2.62. The summed E-state index contributed by atoms with van der Waals surface area (Å²) < 4.78 is 22.9. The Hall–Kier alpha value is -3.01. The molecule has 5 heterocycles. The lowest BCUT2D eigenvalue weighted by Crippen LogP contribution is -2.38. The van der Waals surface area contributed by atoms with Gasteiger partial charge in [-0.1, -0.05) is 0 Å². The molecule has 5 rings (SSSR count). The summed E-state index contributed by atoms with van der Waals surface area (Å²) in [6, 6.07) is 5.68. The number of H-pyrrole nitrogens is 1. The SMILES string of the molecule is COC1(c2cc(OC3COC3)cc(-c3c[nH]c4cnc(NC(C)=O)cc34)n2)CCOC1. The van der Waals surface area contributed by atoms with Gasteiger partial charge in [0.1, 0.15) is 23.3 Å².